The number of carbonyl (C=O) groups is 1. The zero-order chi connectivity index (χ0) is 15.2. The second kappa shape index (κ2) is 7.92. The van der Waals surface area contributed by atoms with Gasteiger partial charge in [-0.2, -0.15) is 0 Å². The van der Waals surface area contributed by atoms with E-state index in [4.69, 9.17) is 9.47 Å². The van der Waals surface area contributed by atoms with Crippen molar-refractivity contribution in [2.75, 3.05) is 33.4 Å². The molecule has 1 aliphatic heterocycles. The van der Waals surface area contributed by atoms with E-state index in [0.29, 0.717) is 12.1 Å². The van der Waals surface area contributed by atoms with Crippen LogP contribution in [0.3, 0.4) is 0 Å². The molecule has 0 saturated carbocycles. The Balaban J connectivity index is 1.96. The van der Waals surface area contributed by atoms with Gasteiger partial charge in [0.05, 0.1) is 24.2 Å². The van der Waals surface area contributed by atoms with E-state index in [2.05, 4.69) is 27.8 Å². The Labute approximate surface area is 134 Å². The van der Waals surface area contributed by atoms with Crippen LogP contribution in [0.1, 0.15) is 30.1 Å². The summed E-state index contributed by atoms with van der Waals surface area (Å²) in [5.41, 5.74) is 0.702. The molecule has 1 aliphatic rings. The van der Waals surface area contributed by atoms with Gasteiger partial charge >= 0.3 is 0 Å². The van der Waals surface area contributed by atoms with Gasteiger partial charge in [-0.15, -0.1) is 0 Å². The van der Waals surface area contributed by atoms with Gasteiger partial charge in [0.25, 0.3) is 0 Å². The third kappa shape index (κ3) is 4.53. The first-order valence-corrected chi connectivity index (χ1v) is 8.14. The molecule has 0 aliphatic carbocycles. The molecule has 1 saturated heterocycles. The van der Waals surface area contributed by atoms with Crippen LogP contribution >= 0.6 is 15.9 Å². The molecule has 0 N–H and O–H groups in total. The summed E-state index contributed by atoms with van der Waals surface area (Å²) in [4.78, 5) is 14.5. The smallest absolute Gasteiger partial charge is 0.176 e. The molecule has 1 aromatic carbocycles. The number of hydrogen-bond acceptors (Lipinski definition) is 4. The van der Waals surface area contributed by atoms with Gasteiger partial charge in [0.1, 0.15) is 5.75 Å². The Kier molecular flexibility index (Phi) is 6.21. The highest BCUT2D eigenvalue weighted by atomic mass is 79.9. The van der Waals surface area contributed by atoms with Crippen LogP contribution in [0.25, 0.3) is 0 Å². The quantitative estimate of drug-likeness (QED) is 0.704. The molecule has 4 nitrogen and oxygen atoms in total. The predicted octanol–water partition coefficient (Wildman–Crippen LogP) is 3.14. The topological polar surface area (TPSA) is 38.8 Å². The van der Waals surface area contributed by atoms with Gasteiger partial charge in [-0.1, -0.05) is 6.92 Å². The maximum atomic E-state index is 12.4. The van der Waals surface area contributed by atoms with Crippen LogP contribution in [0.4, 0.5) is 0 Å². The van der Waals surface area contributed by atoms with Crippen molar-refractivity contribution in [1.82, 2.24) is 4.90 Å². The van der Waals surface area contributed by atoms with E-state index in [1.165, 1.54) is 0 Å². The van der Waals surface area contributed by atoms with Gasteiger partial charge in [-0.3, -0.25) is 9.69 Å². The van der Waals surface area contributed by atoms with Crippen LogP contribution in [0.2, 0.25) is 0 Å². The first kappa shape index (κ1) is 16.5. The Hall–Kier alpha value is -0.910. The number of ether oxygens (including phenoxy) is 2. The van der Waals surface area contributed by atoms with E-state index in [0.717, 1.165) is 42.8 Å². The minimum Gasteiger partial charge on any atom is -0.496 e. The highest BCUT2D eigenvalue weighted by Crippen LogP contribution is 2.25. The number of halogens is 1. The van der Waals surface area contributed by atoms with Crippen LogP contribution in [-0.2, 0) is 4.74 Å². The summed E-state index contributed by atoms with van der Waals surface area (Å²) in [6.07, 6.45) is 2.50. The van der Waals surface area contributed by atoms with Crippen molar-refractivity contribution in [2.45, 2.75) is 25.9 Å². The van der Waals surface area contributed by atoms with Crippen molar-refractivity contribution in [3.05, 3.63) is 28.2 Å². The zero-order valence-corrected chi connectivity index (χ0v) is 14.2. The molecule has 0 radical (unpaired) electrons. The molecular weight excluding hydrogens is 334 g/mol. The lowest BCUT2D eigenvalue weighted by atomic mass is 10.1. The van der Waals surface area contributed by atoms with E-state index in [1.54, 1.807) is 7.11 Å². The average Bonchev–Trinajstić information content (AvgIpc) is 2.99. The van der Waals surface area contributed by atoms with Crippen LogP contribution in [0.15, 0.2) is 22.7 Å². The Morgan fingerprint density at radius 1 is 1.52 bits per heavy atom. The van der Waals surface area contributed by atoms with Gasteiger partial charge in [0.15, 0.2) is 5.78 Å². The third-order valence-corrected chi connectivity index (χ3v) is 4.39. The molecule has 5 heteroatoms. The van der Waals surface area contributed by atoms with Gasteiger partial charge in [0.2, 0.25) is 0 Å². The Morgan fingerprint density at radius 3 is 2.90 bits per heavy atom. The summed E-state index contributed by atoms with van der Waals surface area (Å²) in [7, 11) is 1.61. The van der Waals surface area contributed by atoms with E-state index in [1.807, 2.05) is 18.2 Å². The molecule has 1 unspecified atom stereocenters. The van der Waals surface area contributed by atoms with Crippen molar-refractivity contribution in [3.8, 4) is 5.75 Å². The number of likely N-dealkylation sites (N-methyl/N-ethyl adjacent to an activating group) is 1. The van der Waals surface area contributed by atoms with Gasteiger partial charge in [-0.25, -0.2) is 0 Å². The molecule has 116 valence electrons. The second-order valence-electron chi connectivity index (χ2n) is 5.24. The summed E-state index contributed by atoms with van der Waals surface area (Å²) in [5, 5.41) is 0. The number of methoxy groups -OCH3 is 1. The normalized spacial score (nSPS) is 18.2. The maximum absolute atomic E-state index is 12.4. The summed E-state index contributed by atoms with van der Waals surface area (Å²) < 4.78 is 11.6. The molecule has 21 heavy (non-hydrogen) atoms. The average molecular weight is 356 g/mol. The molecule has 1 aromatic rings. The van der Waals surface area contributed by atoms with Crippen LogP contribution in [0.5, 0.6) is 5.75 Å². The maximum Gasteiger partial charge on any atom is 0.176 e. The lowest BCUT2D eigenvalue weighted by Crippen LogP contribution is -2.36. The number of ketones is 1. The standard InChI is InChI=1S/C16H22BrNO3/c1-3-18(10-13-5-4-8-21-13)11-15(19)12-6-7-16(20-2)14(17)9-12/h6-7,9,13H,3-5,8,10-11H2,1-2H3. The van der Waals surface area contributed by atoms with Crippen molar-refractivity contribution in [2.24, 2.45) is 0 Å². The largest absolute Gasteiger partial charge is 0.496 e. The van der Waals surface area contributed by atoms with Crippen molar-refractivity contribution >= 4 is 21.7 Å². The van der Waals surface area contributed by atoms with Crippen LogP contribution in [-0.4, -0.2) is 50.1 Å². The van der Waals surface area contributed by atoms with Crippen molar-refractivity contribution in [1.29, 1.82) is 0 Å². The van der Waals surface area contributed by atoms with E-state index < -0.39 is 0 Å². The molecule has 1 atom stereocenters. The Morgan fingerprint density at radius 2 is 2.33 bits per heavy atom. The first-order valence-electron chi connectivity index (χ1n) is 7.34. The van der Waals surface area contributed by atoms with E-state index >= 15 is 0 Å². The van der Waals surface area contributed by atoms with E-state index in [9.17, 15) is 4.79 Å². The number of carbonyl (C=O) groups excluding carboxylic acids is 1. The zero-order valence-electron chi connectivity index (χ0n) is 12.6. The molecule has 0 spiro atoms. The predicted molar refractivity (Wildman–Crippen MR) is 86.1 cm³/mol. The van der Waals surface area contributed by atoms with Crippen LogP contribution < -0.4 is 4.74 Å². The summed E-state index contributed by atoms with van der Waals surface area (Å²) in [6, 6.07) is 5.45. The fourth-order valence-electron chi connectivity index (χ4n) is 2.52. The highest BCUT2D eigenvalue weighted by Gasteiger charge is 2.20. The van der Waals surface area contributed by atoms with Crippen LogP contribution in [0, 0.1) is 0 Å². The SMILES string of the molecule is CCN(CC(=O)c1ccc(OC)c(Br)c1)CC1CCCO1. The number of benzene rings is 1. The number of hydrogen-bond donors (Lipinski definition) is 0. The molecule has 1 fully saturated rings. The van der Waals surface area contributed by atoms with Gasteiger partial charge in [0, 0.05) is 18.7 Å². The Bertz CT molecular complexity index is 486. The molecule has 2 rings (SSSR count). The third-order valence-electron chi connectivity index (χ3n) is 3.77. The minimum atomic E-state index is 0.123. The molecular formula is C16H22BrNO3. The number of nitrogens with zero attached hydrogens (tertiary/aromatic N) is 1. The second-order valence-corrected chi connectivity index (χ2v) is 6.09. The molecule has 0 bridgehead atoms. The summed E-state index contributed by atoms with van der Waals surface area (Å²) >= 11 is 3.42. The van der Waals surface area contributed by atoms with Gasteiger partial charge in [-0.05, 0) is 53.5 Å². The lowest BCUT2D eigenvalue weighted by Gasteiger charge is -2.23. The fourth-order valence-corrected chi connectivity index (χ4v) is 3.06. The monoisotopic (exact) mass is 355 g/mol. The fraction of sp³-hybridized carbons (Fsp3) is 0.562. The lowest BCUT2D eigenvalue weighted by molar-refractivity contribution is 0.0686. The summed E-state index contributed by atoms with van der Waals surface area (Å²) in [5.74, 6) is 0.858. The number of rotatable bonds is 7. The summed E-state index contributed by atoms with van der Waals surface area (Å²) in [6.45, 7) is 5.03. The molecule has 1 heterocycles. The molecule has 0 amide bonds. The first-order chi connectivity index (χ1) is 10.1. The van der Waals surface area contributed by atoms with Crippen molar-refractivity contribution in [3.63, 3.8) is 0 Å². The van der Waals surface area contributed by atoms with E-state index in [-0.39, 0.29) is 11.9 Å². The highest BCUT2D eigenvalue weighted by molar-refractivity contribution is 9.10. The number of Topliss-reactive ketones (excluding diaryl/α,β-unsaturated/α-hetero) is 1. The minimum absolute atomic E-state index is 0.123. The van der Waals surface area contributed by atoms with Gasteiger partial charge < -0.3 is 9.47 Å². The molecule has 0 aromatic heterocycles. The van der Waals surface area contributed by atoms with Crippen molar-refractivity contribution < 1.29 is 14.3 Å².